The Morgan fingerprint density at radius 3 is 2.85 bits per heavy atom. The van der Waals surface area contributed by atoms with Crippen molar-refractivity contribution in [2.75, 3.05) is 5.75 Å². The summed E-state index contributed by atoms with van der Waals surface area (Å²) < 4.78 is 1.15. The van der Waals surface area contributed by atoms with E-state index in [1.807, 2.05) is 17.8 Å². The second-order valence-electron chi connectivity index (χ2n) is 3.05. The lowest BCUT2D eigenvalue weighted by Crippen LogP contribution is -1.75. The predicted molar refractivity (Wildman–Crippen MR) is 64.3 cm³/mol. The molecule has 70 valence electrons. The summed E-state index contributed by atoms with van der Waals surface area (Å²) in [5, 5.41) is 0. The van der Waals surface area contributed by atoms with E-state index in [2.05, 4.69) is 54.1 Å². The molecule has 0 radical (unpaired) electrons. The standard InChI is InChI=1S/C11H13BrS/c1-9(2)6-7-13-11-5-3-4-10(12)8-11/h3-6,8H,7H2,1-2H3. The Bertz CT molecular complexity index is 301. The highest BCUT2D eigenvalue weighted by atomic mass is 79.9. The molecule has 13 heavy (non-hydrogen) atoms. The van der Waals surface area contributed by atoms with Crippen LogP contribution in [0.25, 0.3) is 0 Å². The molecule has 0 heterocycles. The summed E-state index contributed by atoms with van der Waals surface area (Å²) in [7, 11) is 0. The number of rotatable bonds is 3. The Morgan fingerprint density at radius 2 is 2.23 bits per heavy atom. The summed E-state index contributed by atoms with van der Waals surface area (Å²) in [6.07, 6.45) is 2.24. The first kappa shape index (κ1) is 10.9. The third-order valence-electron chi connectivity index (χ3n) is 1.54. The highest BCUT2D eigenvalue weighted by Crippen LogP contribution is 2.22. The van der Waals surface area contributed by atoms with Crippen LogP contribution in [0.3, 0.4) is 0 Å². The molecule has 0 saturated heterocycles. The van der Waals surface area contributed by atoms with Gasteiger partial charge in [-0.1, -0.05) is 33.6 Å². The minimum Gasteiger partial charge on any atom is -0.122 e. The number of thioether (sulfide) groups is 1. The van der Waals surface area contributed by atoms with Gasteiger partial charge in [-0.05, 0) is 32.0 Å². The zero-order valence-electron chi connectivity index (χ0n) is 7.88. The van der Waals surface area contributed by atoms with Gasteiger partial charge in [-0.2, -0.15) is 0 Å². The largest absolute Gasteiger partial charge is 0.122 e. The van der Waals surface area contributed by atoms with Crippen LogP contribution in [0.5, 0.6) is 0 Å². The molecule has 0 aliphatic heterocycles. The monoisotopic (exact) mass is 256 g/mol. The fraction of sp³-hybridized carbons (Fsp3) is 0.273. The molecule has 0 nitrogen and oxygen atoms in total. The molecule has 0 bridgehead atoms. The van der Waals surface area contributed by atoms with E-state index in [1.165, 1.54) is 10.5 Å². The SMILES string of the molecule is CC(C)=CCSc1cccc(Br)c1. The van der Waals surface area contributed by atoms with Gasteiger partial charge in [-0.3, -0.25) is 0 Å². The highest BCUT2D eigenvalue weighted by molar-refractivity contribution is 9.10. The van der Waals surface area contributed by atoms with Gasteiger partial charge in [0.15, 0.2) is 0 Å². The third kappa shape index (κ3) is 4.53. The van der Waals surface area contributed by atoms with Crippen molar-refractivity contribution >= 4 is 27.7 Å². The van der Waals surface area contributed by atoms with Crippen molar-refractivity contribution in [1.29, 1.82) is 0 Å². The van der Waals surface area contributed by atoms with E-state index in [1.54, 1.807) is 0 Å². The molecule has 0 saturated carbocycles. The van der Waals surface area contributed by atoms with Gasteiger partial charge in [-0.15, -0.1) is 11.8 Å². The molecule has 2 heteroatoms. The normalized spacial score (nSPS) is 9.77. The van der Waals surface area contributed by atoms with E-state index < -0.39 is 0 Å². The highest BCUT2D eigenvalue weighted by Gasteiger charge is 1.92. The molecule has 0 unspecified atom stereocenters. The van der Waals surface area contributed by atoms with Crippen LogP contribution in [-0.4, -0.2) is 5.75 Å². The molecule has 0 spiro atoms. The maximum absolute atomic E-state index is 3.45. The van der Waals surface area contributed by atoms with Gasteiger partial charge in [0.05, 0.1) is 0 Å². The summed E-state index contributed by atoms with van der Waals surface area (Å²) >= 11 is 5.31. The smallest absolute Gasteiger partial charge is 0.0186 e. The lowest BCUT2D eigenvalue weighted by Gasteiger charge is -1.98. The number of halogens is 1. The van der Waals surface area contributed by atoms with E-state index in [9.17, 15) is 0 Å². The van der Waals surface area contributed by atoms with Crippen molar-refractivity contribution in [2.24, 2.45) is 0 Å². The van der Waals surface area contributed by atoms with Gasteiger partial charge in [0, 0.05) is 15.1 Å². The summed E-state index contributed by atoms with van der Waals surface area (Å²) in [5.41, 5.74) is 1.38. The number of hydrogen-bond acceptors (Lipinski definition) is 1. The second kappa shape index (κ2) is 5.51. The van der Waals surface area contributed by atoms with Crippen molar-refractivity contribution < 1.29 is 0 Å². The number of hydrogen-bond donors (Lipinski definition) is 0. The average molecular weight is 257 g/mol. The average Bonchev–Trinajstić information content (AvgIpc) is 2.03. The number of benzene rings is 1. The summed E-state index contributed by atoms with van der Waals surface area (Å²) in [5.74, 6) is 1.05. The van der Waals surface area contributed by atoms with Crippen LogP contribution in [-0.2, 0) is 0 Å². The Kier molecular flexibility index (Phi) is 4.60. The zero-order valence-corrected chi connectivity index (χ0v) is 10.3. The molecule has 0 atom stereocenters. The predicted octanol–water partition coefficient (Wildman–Crippen LogP) is 4.51. The first-order valence-electron chi connectivity index (χ1n) is 4.20. The van der Waals surface area contributed by atoms with Crippen LogP contribution >= 0.6 is 27.7 Å². The Morgan fingerprint density at radius 1 is 1.46 bits per heavy atom. The fourth-order valence-electron chi connectivity index (χ4n) is 0.861. The van der Waals surface area contributed by atoms with Crippen LogP contribution in [0.2, 0.25) is 0 Å². The maximum Gasteiger partial charge on any atom is 0.0186 e. The van der Waals surface area contributed by atoms with Crippen molar-refractivity contribution in [3.05, 3.63) is 40.4 Å². The molecule has 1 rings (SSSR count). The molecular formula is C11H13BrS. The van der Waals surface area contributed by atoms with E-state index in [4.69, 9.17) is 0 Å². The zero-order chi connectivity index (χ0) is 9.68. The van der Waals surface area contributed by atoms with Crippen LogP contribution < -0.4 is 0 Å². The van der Waals surface area contributed by atoms with Gasteiger partial charge in [0.25, 0.3) is 0 Å². The quantitative estimate of drug-likeness (QED) is 0.567. The van der Waals surface area contributed by atoms with Gasteiger partial charge in [0.2, 0.25) is 0 Å². The minimum absolute atomic E-state index is 1.05. The molecular weight excluding hydrogens is 244 g/mol. The third-order valence-corrected chi connectivity index (χ3v) is 2.95. The molecule has 0 aliphatic rings. The first-order valence-corrected chi connectivity index (χ1v) is 5.98. The van der Waals surface area contributed by atoms with Crippen molar-refractivity contribution in [2.45, 2.75) is 18.7 Å². The Balaban J connectivity index is 2.50. The molecule has 0 aromatic heterocycles. The number of allylic oxidation sites excluding steroid dienone is 1. The Labute approximate surface area is 92.6 Å². The van der Waals surface area contributed by atoms with E-state index in [0.29, 0.717) is 0 Å². The molecule has 0 amide bonds. The van der Waals surface area contributed by atoms with Crippen LogP contribution in [0, 0.1) is 0 Å². The van der Waals surface area contributed by atoms with Gasteiger partial charge in [0.1, 0.15) is 0 Å². The lowest BCUT2D eigenvalue weighted by molar-refractivity contribution is 1.36. The molecule has 0 fully saturated rings. The van der Waals surface area contributed by atoms with Crippen LogP contribution in [0.15, 0.2) is 45.3 Å². The molecule has 0 N–H and O–H groups in total. The Hall–Kier alpha value is -0.210. The van der Waals surface area contributed by atoms with Crippen LogP contribution in [0.1, 0.15) is 13.8 Å². The topological polar surface area (TPSA) is 0 Å². The van der Waals surface area contributed by atoms with Crippen molar-refractivity contribution in [3.8, 4) is 0 Å². The van der Waals surface area contributed by atoms with Gasteiger partial charge >= 0.3 is 0 Å². The van der Waals surface area contributed by atoms with E-state index in [0.717, 1.165) is 10.2 Å². The molecule has 1 aromatic carbocycles. The fourth-order valence-corrected chi connectivity index (χ4v) is 2.41. The summed E-state index contributed by atoms with van der Waals surface area (Å²) in [6.45, 7) is 4.25. The summed E-state index contributed by atoms with van der Waals surface area (Å²) in [6, 6.07) is 8.39. The molecule has 0 aliphatic carbocycles. The summed E-state index contributed by atoms with van der Waals surface area (Å²) in [4.78, 5) is 1.31. The molecule has 1 aromatic rings. The van der Waals surface area contributed by atoms with Crippen molar-refractivity contribution in [1.82, 2.24) is 0 Å². The lowest BCUT2D eigenvalue weighted by atomic mass is 10.3. The van der Waals surface area contributed by atoms with Gasteiger partial charge in [-0.25, -0.2) is 0 Å². The van der Waals surface area contributed by atoms with Crippen molar-refractivity contribution in [3.63, 3.8) is 0 Å². The first-order chi connectivity index (χ1) is 6.18. The maximum atomic E-state index is 3.45. The second-order valence-corrected chi connectivity index (χ2v) is 5.06. The van der Waals surface area contributed by atoms with Crippen LogP contribution in [0.4, 0.5) is 0 Å². The van der Waals surface area contributed by atoms with E-state index in [-0.39, 0.29) is 0 Å². The van der Waals surface area contributed by atoms with E-state index >= 15 is 0 Å². The minimum atomic E-state index is 1.05. The van der Waals surface area contributed by atoms with Gasteiger partial charge < -0.3 is 0 Å².